The van der Waals surface area contributed by atoms with Gasteiger partial charge in [-0.3, -0.25) is 9.59 Å². The topological polar surface area (TPSA) is 117 Å². The number of carbonyl (C=O) groups is 4. The molecule has 0 saturated heterocycles. The Morgan fingerprint density at radius 1 is 0.884 bits per heavy atom. The van der Waals surface area contributed by atoms with Crippen LogP contribution in [0.4, 0.5) is 16.2 Å². The number of hydrogen-bond donors (Lipinski definition) is 3. The number of esters is 1. The van der Waals surface area contributed by atoms with Gasteiger partial charge < -0.3 is 25.6 Å². The van der Waals surface area contributed by atoms with Gasteiger partial charge in [0, 0.05) is 25.2 Å². The minimum Gasteiger partial charge on any atom is -0.467 e. The van der Waals surface area contributed by atoms with Gasteiger partial charge in [0.1, 0.15) is 6.04 Å². The van der Waals surface area contributed by atoms with Gasteiger partial charge in [0.2, 0.25) is 0 Å². The summed E-state index contributed by atoms with van der Waals surface area (Å²) in [5.41, 5.74) is 2.07. The lowest BCUT2D eigenvalue weighted by Gasteiger charge is -2.31. The van der Waals surface area contributed by atoms with Crippen molar-refractivity contribution in [2.75, 3.05) is 24.8 Å². The van der Waals surface area contributed by atoms with E-state index in [-0.39, 0.29) is 34.0 Å². The molecule has 1 atom stereocenters. The number of rotatable bonds is 9. The number of nitrogens with one attached hydrogen (secondary N) is 3. The zero-order chi connectivity index (χ0) is 30.9. The lowest BCUT2D eigenvalue weighted by Crippen LogP contribution is -2.45. The summed E-state index contributed by atoms with van der Waals surface area (Å²) in [5.74, 6) is -1.27. The van der Waals surface area contributed by atoms with Crippen LogP contribution >= 0.6 is 23.2 Å². The molecule has 0 radical (unpaired) electrons. The van der Waals surface area contributed by atoms with Gasteiger partial charge in [-0.25, -0.2) is 9.59 Å². The predicted octanol–water partition coefficient (Wildman–Crippen LogP) is 6.56. The number of nitrogens with zero attached hydrogens (tertiary/aromatic N) is 1. The van der Waals surface area contributed by atoms with Crippen LogP contribution in [-0.2, 0) is 16.0 Å². The smallest absolute Gasteiger partial charge is 0.328 e. The van der Waals surface area contributed by atoms with Gasteiger partial charge >= 0.3 is 12.0 Å². The molecule has 0 unspecified atom stereocenters. The molecule has 3 N–H and O–H groups in total. The second-order valence-electron chi connectivity index (χ2n) is 10.4. The number of carbonyl (C=O) groups excluding carboxylic acids is 4. The summed E-state index contributed by atoms with van der Waals surface area (Å²) in [6, 6.07) is 16.9. The first kappa shape index (κ1) is 31.8. The van der Waals surface area contributed by atoms with Crippen molar-refractivity contribution in [1.29, 1.82) is 0 Å². The Morgan fingerprint density at radius 3 is 2.19 bits per heavy atom. The third-order valence-corrected chi connectivity index (χ3v) is 8.11. The molecule has 4 rings (SSSR count). The van der Waals surface area contributed by atoms with Crippen molar-refractivity contribution in [1.82, 2.24) is 10.2 Å². The number of ether oxygens (including phenoxy) is 1. The highest BCUT2D eigenvalue weighted by atomic mass is 35.5. The SMILES string of the molecule is COC(=O)[C@H](Cc1ccc(NC(=O)c2c(Cl)cccc2Cl)cc1)NC(=O)Nc1ccccc1C(=O)N(C)C1CCCCC1. The van der Waals surface area contributed by atoms with Crippen molar-refractivity contribution in [2.24, 2.45) is 0 Å². The van der Waals surface area contributed by atoms with E-state index in [1.54, 1.807) is 78.7 Å². The number of halogens is 2. The minimum atomic E-state index is -1.01. The number of amides is 4. The zero-order valence-corrected chi connectivity index (χ0v) is 25.5. The highest BCUT2D eigenvalue weighted by Gasteiger charge is 2.26. The van der Waals surface area contributed by atoms with Crippen LogP contribution in [0.2, 0.25) is 10.0 Å². The molecule has 1 aliphatic carbocycles. The van der Waals surface area contributed by atoms with Gasteiger partial charge in [-0.1, -0.05) is 72.8 Å². The fourth-order valence-corrected chi connectivity index (χ4v) is 5.69. The molecule has 0 aliphatic heterocycles. The normalized spacial score (nSPS) is 13.9. The lowest BCUT2D eigenvalue weighted by atomic mass is 9.94. The quantitative estimate of drug-likeness (QED) is 0.233. The van der Waals surface area contributed by atoms with Crippen molar-refractivity contribution in [3.8, 4) is 0 Å². The Labute approximate surface area is 260 Å². The fraction of sp³-hybridized carbons (Fsp3) is 0.312. The average molecular weight is 626 g/mol. The molecular weight excluding hydrogens is 591 g/mol. The number of hydrogen-bond acceptors (Lipinski definition) is 5. The van der Waals surface area contributed by atoms with Crippen LogP contribution in [0.25, 0.3) is 0 Å². The predicted molar refractivity (Wildman–Crippen MR) is 168 cm³/mol. The Balaban J connectivity index is 1.40. The molecule has 3 aromatic carbocycles. The maximum atomic E-state index is 13.3. The maximum absolute atomic E-state index is 13.3. The second kappa shape index (κ2) is 14.9. The minimum absolute atomic E-state index is 0.121. The fourth-order valence-electron chi connectivity index (χ4n) is 5.12. The highest BCUT2D eigenvalue weighted by Crippen LogP contribution is 2.26. The maximum Gasteiger partial charge on any atom is 0.328 e. The lowest BCUT2D eigenvalue weighted by molar-refractivity contribution is -0.142. The van der Waals surface area contributed by atoms with Crippen LogP contribution in [0.1, 0.15) is 58.4 Å². The van der Waals surface area contributed by atoms with Crippen molar-refractivity contribution in [2.45, 2.75) is 50.6 Å². The van der Waals surface area contributed by atoms with Crippen molar-refractivity contribution in [3.63, 3.8) is 0 Å². The van der Waals surface area contributed by atoms with E-state index in [4.69, 9.17) is 27.9 Å². The van der Waals surface area contributed by atoms with Gasteiger partial charge in [-0.05, 0) is 54.8 Å². The monoisotopic (exact) mass is 624 g/mol. The summed E-state index contributed by atoms with van der Waals surface area (Å²) in [6.45, 7) is 0. The Morgan fingerprint density at radius 2 is 1.53 bits per heavy atom. The summed E-state index contributed by atoms with van der Waals surface area (Å²) >= 11 is 12.3. The molecule has 0 spiro atoms. The molecule has 226 valence electrons. The third-order valence-electron chi connectivity index (χ3n) is 7.48. The molecule has 0 heterocycles. The third kappa shape index (κ3) is 8.27. The van der Waals surface area contributed by atoms with Crippen LogP contribution in [0, 0.1) is 0 Å². The molecule has 4 amide bonds. The van der Waals surface area contributed by atoms with Gasteiger partial charge in [0.15, 0.2) is 0 Å². The first-order chi connectivity index (χ1) is 20.7. The number of anilines is 2. The highest BCUT2D eigenvalue weighted by molar-refractivity contribution is 6.40. The van der Waals surface area contributed by atoms with Crippen LogP contribution < -0.4 is 16.0 Å². The van der Waals surface area contributed by atoms with Crippen LogP contribution in [0.15, 0.2) is 66.7 Å². The molecule has 43 heavy (non-hydrogen) atoms. The number of urea groups is 1. The molecule has 3 aromatic rings. The summed E-state index contributed by atoms with van der Waals surface area (Å²) < 4.78 is 4.92. The van der Waals surface area contributed by atoms with Gasteiger partial charge in [-0.2, -0.15) is 0 Å². The second-order valence-corrected chi connectivity index (χ2v) is 11.2. The van der Waals surface area contributed by atoms with Gasteiger partial charge in [-0.15, -0.1) is 0 Å². The van der Waals surface area contributed by atoms with Crippen LogP contribution in [0.3, 0.4) is 0 Å². The van der Waals surface area contributed by atoms with E-state index in [9.17, 15) is 19.2 Å². The summed E-state index contributed by atoms with van der Waals surface area (Å²) in [4.78, 5) is 53.3. The largest absolute Gasteiger partial charge is 0.467 e. The van der Waals surface area contributed by atoms with Crippen molar-refractivity contribution < 1.29 is 23.9 Å². The molecule has 9 nitrogen and oxygen atoms in total. The average Bonchev–Trinajstić information content (AvgIpc) is 3.01. The number of methoxy groups -OCH3 is 1. The first-order valence-corrected chi connectivity index (χ1v) is 14.8. The van der Waals surface area contributed by atoms with E-state index < -0.39 is 23.9 Å². The van der Waals surface area contributed by atoms with E-state index in [1.807, 2.05) is 0 Å². The van der Waals surface area contributed by atoms with Gasteiger partial charge in [0.05, 0.1) is 34.0 Å². The first-order valence-electron chi connectivity index (χ1n) is 14.0. The van der Waals surface area contributed by atoms with E-state index in [1.165, 1.54) is 13.5 Å². The molecule has 11 heteroatoms. The van der Waals surface area contributed by atoms with Crippen LogP contribution in [-0.4, -0.2) is 55.0 Å². The van der Waals surface area contributed by atoms with E-state index >= 15 is 0 Å². The Hall–Kier alpha value is -4.08. The molecule has 1 saturated carbocycles. The standard InChI is InChI=1S/C32H34Cl2N4O5/c1-38(22-9-4-3-5-10-22)30(40)23-11-6-7-14-26(23)36-32(42)37-27(31(41)43-2)19-20-15-17-21(18-16-20)35-29(39)28-24(33)12-8-13-25(28)34/h6-8,11-18,22,27H,3-5,9-10,19H2,1-2H3,(H,35,39)(H2,36,37,42)/t27-/m0/s1. The van der Waals surface area contributed by atoms with E-state index in [2.05, 4.69) is 16.0 Å². The molecule has 0 aromatic heterocycles. The van der Waals surface area contributed by atoms with Crippen LogP contribution in [0.5, 0.6) is 0 Å². The van der Waals surface area contributed by atoms with E-state index in [0.29, 0.717) is 22.5 Å². The summed E-state index contributed by atoms with van der Waals surface area (Å²) in [5, 5.41) is 8.59. The summed E-state index contributed by atoms with van der Waals surface area (Å²) in [7, 11) is 3.04. The zero-order valence-electron chi connectivity index (χ0n) is 24.0. The number of para-hydroxylation sites is 1. The van der Waals surface area contributed by atoms with Crippen molar-refractivity contribution in [3.05, 3.63) is 93.5 Å². The molecule has 1 aliphatic rings. The Kier molecular flexibility index (Phi) is 11.0. The van der Waals surface area contributed by atoms with Gasteiger partial charge in [0.25, 0.3) is 11.8 Å². The molecular formula is C32H34Cl2N4O5. The van der Waals surface area contributed by atoms with E-state index in [0.717, 1.165) is 25.7 Å². The van der Waals surface area contributed by atoms with Crippen molar-refractivity contribution >= 4 is 58.4 Å². The summed E-state index contributed by atoms with van der Waals surface area (Å²) in [6.07, 6.45) is 5.40. The number of benzene rings is 3. The molecule has 1 fully saturated rings. The Bertz CT molecular complexity index is 1450. The molecule has 0 bridgehead atoms.